The molecule has 0 bridgehead atoms. The number of carbonyl (C=O) groups is 1. The first-order valence-corrected chi connectivity index (χ1v) is 10.3. The Kier molecular flexibility index (Phi) is 5.59. The molecular formula is C23H26F3N3O. The number of hydrogen-bond donors (Lipinski definition) is 2. The molecule has 1 aliphatic carbocycles. The van der Waals surface area contributed by atoms with E-state index in [0.717, 1.165) is 25.9 Å². The summed E-state index contributed by atoms with van der Waals surface area (Å²) in [5.41, 5.74) is 5.09. The molecule has 2 fully saturated rings. The van der Waals surface area contributed by atoms with Gasteiger partial charge in [0.2, 0.25) is 5.91 Å². The van der Waals surface area contributed by atoms with E-state index >= 15 is 0 Å². The van der Waals surface area contributed by atoms with Crippen LogP contribution in [0.25, 0.3) is 11.1 Å². The van der Waals surface area contributed by atoms with Gasteiger partial charge in [0.25, 0.3) is 0 Å². The molecule has 4 rings (SSSR count). The van der Waals surface area contributed by atoms with Gasteiger partial charge in [0.05, 0.1) is 5.56 Å². The number of piperidine rings is 1. The van der Waals surface area contributed by atoms with Crippen LogP contribution in [-0.2, 0) is 6.18 Å². The van der Waals surface area contributed by atoms with Crippen molar-refractivity contribution < 1.29 is 18.0 Å². The van der Waals surface area contributed by atoms with E-state index in [1.54, 1.807) is 30.3 Å². The van der Waals surface area contributed by atoms with Crippen LogP contribution >= 0.6 is 0 Å². The predicted octanol–water partition coefficient (Wildman–Crippen LogP) is 4.01. The van der Waals surface area contributed by atoms with Gasteiger partial charge >= 0.3 is 6.18 Å². The molecule has 160 valence electrons. The van der Waals surface area contributed by atoms with Crippen LogP contribution in [0, 0.1) is 0 Å². The first-order chi connectivity index (χ1) is 14.3. The highest BCUT2D eigenvalue weighted by Crippen LogP contribution is 2.50. The van der Waals surface area contributed by atoms with Crippen LogP contribution in [0.3, 0.4) is 0 Å². The smallest absolute Gasteiger partial charge is 0.366 e. The maximum atomic E-state index is 14.3. The molecule has 2 aromatic rings. The molecule has 2 atom stereocenters. The number of carbonyl (C=O) groups excluding carboxylic acids is 1. The standard InChI is InChI=1S/C23H26F3N3O/c1-29-11-9-15(10-12-29)28-19-13-18(19)16-7-8-17(22(27)30)20(21(16)23(24,25)26)14-5-3-2-4-6-14/h2-8,15,18-19,28H,9-13H2,1H3,(H2,27,30)/t18-,19+/m0/s1. The average molecular weight is 417 g/mol. The molecule has 0 radical (unpaired) electrons. The number of nitrogens with two attached hydrogens (primary N) is 1. The van der Waals surface area contributed by atoms with Crippen LogP contribution < -0.4 is 11.1 Å². The van der Waals surface area contributed by atoms with Gasteiger partial charge in [-0.25, -0.2) is 0 Å². The van der Waals surface area contributed by atoms with Crippen molar-refractivity contribution in [2.75, 3.05) is 20.1 Å². The lowest BCUT2D eigenvalue weighted by atomic mass is 9.88. The molecule has 1 aliphatic heterocycles. The van der Waals surface area contributed by atoms with Crippen molar-refractivity contribution in [2.24, 2.45) is 5.73 Å². The molecule has 30 heavy (non-hydrogen) atoms. The van der Waals surface area contributed by atoms with Crippen molar-refractivity contribution in [2.45, 2.75) is 43.4 Å². The monoisotopic (exact) mass is 417 g/mol. The molecule has 0 spiro atoms. The maximum absolute atomic E-state index is 14.3. The molecule has 1 saturated carbocycles. The molecule has 1 heterocycles. The Morgan fingerprint density at radius 1 is 1.10 bits per heavy atom. The highest BCUT2D eigenvalue weighted by molar-refractivity contribution is 6.01. The van der Waals surface area contributed by atoms with E-state index in [0.29, 0.717) is 18.0 Å². The summed E-state index contributed by atoms with van der Waals surface area (Å²) in [6.45, 7) is 1.99. The fourth-order valence-corrected chi connectivity index (χ4v) is 4.54. The lowest BCUT2D eigenvalue weighted by Gasteiger charge is -2.30. The van der Waals surface area contributed by atoms with Crippen molar-refractivity contribution in [3.8, 4) is 11.1 Å². The summed E-state index contributed by atoms with van der Waals surface area (Å²) in [6, 6.07) is 11.5. The van der Waals surface area contributed by atoms with E-state index < -0.39 is 17.6 Å². The summed E-state index contributed by atoms with van der Waals surface area (Å²) in [6.07, 6.45) is -1.92. The summed E-state index contributed by atoms with van der Waals surface area (Å²) in [7, 11) is 2.08. The fourth-order valence-electron chi connectivity index (χ4n) is 4.54. The minimum atomic E-state index is -4.59. The molecule has 7 heteroatoms. The number of nitrogens with one attached hydrogen (secondary N) is 1. The van der Waals surface area contributed by atoms with Gasteiger partial charge in [0.1, 0.15) is 0 Å². The molecule has 0 unspecified atom stereocenters. The Labute approximate surface area is 174 Å². The molecule has 0 aromatic heterocycles. The highest BCUT2D eigenvalue weighted by atomic mass is 19.4. The van der Waals surface area contributed by atoms with E-state index in [1.165, 1.54) is 12.1 Å². The topological polar surface area (TPSA) is 58.4 Å². The number of hydrogen-bond acceptors (Lipinski definition) is 3. The minimum Gasteiger partial charge on any atom is -0.366 e. The van der Waals surface area contributed by atoms with Gasteiger partial charge in [-0.3, -0.25) is 4.79 Å². The van der Waals surface area contributed by atoms with Gasteiger partial charge in [-0.1, -0.05) is 36.4 Å². The third-order valence-electron chi connectivity index (χ3n) is 6.21. The second-order valence-electron chi connectivity index (χ2n) is 8.37. The summed E-state index contributed by atoms with van der Waals surface area (Å²) in [5, 5.41) is 3.55. The zero-order valence-electron chi connectivity index (χ0n) is 16.9. The molecule has 3 N–H and O–H groups in total. The third kappa shape index (κ3) is 4.23. The Morgan fingerprint density at radius 3 is 2.37 bits per heavy atom. The van der Waals surface area contributed by atoms with Crippen LogP contribution in [0.5, 0.6) is 0 Å². The van der Waals surface area contributed by atoms with Crippen LogP contribution in [0.1, 0.15) is 46.7 Å². The summed E-state index contributed by atoms with van der Waals surface area (Å²) < 4.78 is 42.8. The van der Waals surface area contributed by atoms with E-state index in [-0.39, 0.29) is 28.7 Å². The molecule has 1 saturated heterocycles. The van der Waals surface area contributed by atoms with E-state index in [1.807, 2.05) is 0 Å². The maximum Gasteiger partial charge on any atom is 0.417 e. The normalized spacial score (nSPS) is 22.8. The molecule has 2 aliphatic rings. The van der Waals surface area contributed by atoms with E-state index in [9.17, 15) is 18.0 Å². The van der Waals surface area contributed by atoms with E-state index in [2.05, 4.69) is 17.3 Å². The van der Waals surface area contributed by atoms with Crippen LogP contribution in [-0.4, -0.2) is 43.0 Å². The minimum absolute atomic E-state index is 0.0301. The van der Waals surface area contributed by atoms with Crippen LogP contribution in [0.4, 0.5) is 13.2 Å². The Balaban J connectivity index is 1.70. The zero-order valence-corrected chi connectivity index (χ0v) is 16.9. The van der Waals surface area contributed by atoms with Gasteiger partial charge < -0.3 is 16.0 Å². The van der Waals surface area contributed by atoms with Crippen molar-refractivity contribution >= 4 is 5.91 Å². The van der Waals surface area contributed by atoms with Gasteiger partial charge in [-0.15, -0.1) is 0 Å². The van der Waals surface area contributed by atoms with Crippen molar-refractivity contribution in [3.05, 3.63) is 59.2 Å². The highest BCUT2D eigenvalue weighted by Gasteiger charge is 2.47. The summed E-state index contributed by atoms with van der Waals surface area (Å²) in [5.74, 6) is -1.08. The third-order valence-corrected chi connectivity index (χ3v) is 6.21. The van der Waals surface area contributed by atoms with Crippen molar-refractivity contribution in [1.82, 2.24) is 10.2 Å². The number of rotatable bonds is 5. The molecule has 2 aromatic carbocycles. The molecule has 1 amide bonds. The van der Waals surface area contributed by atoms with Gasteiger partial charge in [0.15, 0.2) is 0 Å². The SMILES string of the molecule is CN1CCC(N[C@@H]2C[C@H]2c2ccc(C(N)=O)c(-c3ccccc3)c2C(F)(F)F)CC1. The number of benzene rings is 2. The van der Waals surface area contributed by atoms with E-state index in [4.69, 9.17) is 5.73 Å². The molecular weight excluding hydrogens is 391 g/mol. The number of halogens is 3. The van der Waals surface area contributed by atoms with Crippen LogP contribution in [0.2, 0.25) is 0 Å². The first-order valence-electron chi connectivity index (χ1n) is 10.3. The lowest BCUT2D eigenvalue weighted by molar-refractivity contribution is -0.137. The van der Waals surface area contributed by atoms with Crippen LogP contribution in [0.15, 0.2) is 42.5 Å². The van der Waals surface area contributed by atoms with Crippen molar-refractivity contribution in [3.63, 3.8) is 0 Å². The molecule has 4 nitrogen and oxygen atoms in total. The fraction of sp³-hybridized carbons (Fsp3) is 0.435. The first kappa shape index (κ1) is 20.9. The summed E-state index contributed by atoms with van der Waals surface area (Å²) in [4.78, 5) is 14.2. The van der Waals surface area contributed by atoms with Gasteiger partial charge in [-0.2, -0.15) is 13.2 Å². The predicted molar refractivity (Wildman–Crippen MR) is 110 cm³/mol. The Hall–Kier alpha value is -2.38. The largest absolute Gasteiger partial charge is 0.417 e. The number of amides is 1. The second-order valence-corrected chi connectivity index (χ2v) is 8.37. The summed E-state index contributed by atoms with van der Waals surface area (Å²) >= 11 is 0. The van der Waals surface area contributed by atoms with Gasteiger partial charge in [-0.05, 0) is 56.6 Å². The number of alkyl halides is 3. The Bertz CT molecular complexity index is 921. The Morgan fingerprint density at radius 2 is 1.77 bits per heavy atom. The average Bonchev–Trinajstić information content (AvgIpc) is 3.47. The van der Waals surface area contributed by atoms with Crippen molar-refractivity contribution in [1.29, 1.82) is 0 Å². The zero-order chi connectivity index (χ0) is 21.5. The number of primary amides is 1. The lowest BCUT2D eigenvalue weighted by Crippen LogP contribution is -2.42. The second kappa shape index (κ2) is 8.04. The number of likely N-dealkylation sites (tertiary alicyclic amines) is 1. The van der Waals surface area contributed by atoms with Gasteiger partial charge in [0, 0.05) is 29.1 Å². The quantitative estimate of drug-likeness (QED) is 0.773. The number of nitrogens with zero attached hydrogens (tertiary/aromatic N) is 1.